The van der Waals surface area contributed by atoms with Gasteiger partial charge in [-0.05, 0) is 37.4 Å². The van der Waals surface area contributed by atoms with Crippen LogP contribution in [0.5, 0.6) is 0 Å². The van der Waals surface area contributed by atoms with Gasteiger partial charge in [0.25, 0.3) is 0 Å². The maximum atomic E-state index is 12.1. The molecule has 0 aromatic heterocycles. The predicted octanol–water partition coefficient (Wildman–Crippen LogP) is 1.36. The first-order valence-electron chi connectivity index (χ1n) is 8.71. The number of carboxylic acids is 1. The smallest absolute Gasteiger partial charge is 0.321 e. The van der Waals surface area contributed by atoms with Crippen LogP contribution in [-0.4, -0.2) is 60.0 Å². The second-order valence-electron chi connectivity index (χ2n) is 5.88. The van der Waals surface area contributed by atoms with Crippen LogP contribution in [0.25, 0.3) is 0 Å². The Labute approximate surface area is 153 Å². The summed E-state index contributed by atoms with van der Waals surface area (Å²) in [6.45, 7) is 8.51. The summed E-state index contributed by atoms with van der Waals surface area (Å²) in [5.41, 5.74) is 1.16. The van der Waals surface area contributed by atoms with Crippen molar-refractivity contribution in [2.75, 3.05) is 36.8 Å². The molecule has 0 spiro atoms. The van der Waals surface area contributed by atoms with E-state index in [1.54, 1.807) is 24.3 Å². The van der Waals surface area contributed by atoms with Gasteiger partial charge in [0, 0.05) is 31.4 Å². The van der Waals surface area contributed by atoms with Crippen molar-refractivity contribution in [1.82, 2.24) is 10.2 Å². The lowest BCUT2D eigenvalue weighted by Gasteiger charge is -2.20. The van der Waals surface area contributed by atoms with Crippen LogP contribution in [0.2, 0.25) is 0 Å². The van der Waals surface area contributed by atoms with Crippen molar-refractivity contribution in [3.63, 3.8) is 0 Å². The molecule has 0 unspecified atom stereocenters. The second-order valence-corrected chi connectivity index (χ2v) is 5.88. The van der Waals surface area contributed by atoms with Gasteiger partial charge >= 0.3 is 5.97 Å². The maximum absolute atomic E-state index is 12.1. The zero-order chi connectivity index (χ0) is 19.5. The lowest BCUT2D eigenvalue weighted by atomic mass is 10.2. The molecule has 0 heterocycles. The van der Waals surface area contributed by atoms with E-state index in [0.29, 0.717) is 17.9 Å². The lowest BCUT2D eigenvalue weighted by Crippen LogP contribution is -2.43. The molecule has 1 atom stereocenters. The summed E-state index contributed by atoms with van der Waals surface area (Å²) in [6.07, 6.45) is -0.166. The third-order valence-electron chi connectivity index (χ3n) is 3.89. The first-order valence-corrected chi connectivity index (χ1v) is 8.71. The molecule has 0 saturated carbocycles. The number of amides is 2. The summed E-state index contributed by atoms with van der Waals surface area (Å²) in [7, 11) is 0. The molecule has 1 rings (SSSR count). The first-order chi connectivity index (χ1) is 12.3. The highest BCUT2D eigenvalue weighted by molar-refractivity contribution is 5.94. The number of hydrogen-bond donors (Lipinski definition) is 4. The number of nitrogens with one attached hydrogen (secondary N) is 3. The molecule has 0 radical (unpaired) electrons. The van der Waals surface area contributed by atoms with Crippen molar-refractivity contribution >= 4 is 29.2 Å². The topological polar surface area (TPSA) is 111 Å². The van der Waals surface area contributed by atoms with E-state index < -0.39 is 12.0 Å². The van der Waals surface area contributed by atoms with Crippen LogP contribution in [-0.2, 0) is 14.4 Å². The van der Waals surface area contributed by atoms with Gasteiger partial charge in [0.05, 0.1) is 6.42 Å². The Morgan fingerprint density at radius 3 is 2.04 bits per heavy atom. The van der Waals surface area contributed by atoms with Crippen LogP contribution in [0, 0.1) is 0 Å². The Balaban J connectivity index is 2.51. The average Bonchev–Trinajstić information content (AvgIpc) is 2.58. The molecule has 1 aromatic rings. The SMILES string of the molecule is CCN(CC)CCN[C@H](CC(=O)Nc1ccc(NC(C)=O)cc1)C(=O)O. The molecule has 0 saturated heterocycles. The van der Waals surface area contributed by atoms with Gasteiger partial charge in [0.1, 0.15) is 6.04 Å². The van der Waals surface area contributed by atoms with Gasteiger partial charge in [0.15, 0.2) is 0 Å². The number of carboxylic acid groups (broad SMARTS) is 1. The fraction of sp³-hybridized carbons (Fsp3) is 0.500. The fourth-order valence-electron chi connectivity index (χ4n) is 2.42. The quantitative estimate of drug-likeness (QED) is 0.472. The predicted molar refractivity (Wildman–Crippen MR) is 101 cm³/mol. The van der Waals surface area contributed by atoms with Gasteiger partial charge in [-0.1, -0.05) is 13.8 Å². The number of likely N-dealkylation sites (N-methyl/N-ethyl adjacent to an activating group) is 1. The Morgan fingerprint density at radius 1 is 1.04 bits per heavy atom. The zero-order valence-electron chi connectivity index (χ0n) is 15.5. The molecule has 8 nitrogen and oxygen atoms in total. The molecular weight excluding hydrogens is 336 g/mol. The molecule has 0 aliphatic carbocycles. The van der Waals surface area contributed by atoms with E-state index >= 15 is 0 Å². The number of rotatable bonds is 11. The van der Waals surface area contributed by atoms with E-state index in [1.165, 1.54) is 6.92 Å². The number of nitrogens with zero attached hydrogens (tertiary/aromatic N) is 1. The van der Waals surface area contributed by atoms with Crippen LogP contribution in [0.4, 0.5) is 11.4 Å². The van der Waals surface area contributed by atoms with Gasteiger partial charge < -0.3 is 26.0 Å². The average molecular weight is 364 g/mol. The van der Waals surface area contributed by atoms with Gasteiger partial charge in [-0.25, -0.2) is 0 Å². The molecule has 144 valence electrons. The van der Waals surface area contributed by atoms with Crippen LogP contribution in [0.3, 0.4) is 0 Å². The molecule has 8 heteroatoms. The highest BCUT2D eigenvalue weighted by atomic mass is 16.4. The van der Waals surface area contributed by atoms with Crippen LogP contribution >= 0.6 is 0 Å². The van der Waals surface area contributed by atoms with E-state index in [4.69, 9.17) is 0 Å². The maximum Gasteiger partial charge on any atom is 0.321 e. The summed E-state index contributed by atoms with van der Waals surface area (Å²) < 4.78 is 0. The largest absolute Gasteiger partial charge is 0.480 e. The molecule has 26 heavy (non-hydrogen) atoms. The number of carbonyl (C=O) groups is 3. The van der Waals surface area contributed by atoms with Crippen LogP contribution < -0.4 is 16.0 Å². The molecular formula is C18H28N4O4. The minimum atomic E-state index is -1.05. The van der Waals surface area contributed by atoms with Crippen LogP contribution in [0.1, 0.15) is 27.2 Å². The number of hydrogen-bond acceptors (Lipinski definition) is 5. The third kappa shape index (κ3) is 8.09. The van der Waals surface area contributed by atoms with Crippen molar-refractivity contribution in [2.24, 2.45) is 0 Å². The molecule has 4 N–H and O–H groups in total. The first kappa shape index (κ1) is 21.6. The normalized spacial score (nSPS) is 11.8. The van der Waals surface area contributed by atoms with E-state index in [0.717, 1.165) is 19.6 Å². The number of anilines is 2. The second kappa shape index (κ2) is 11.2. The minimum Gasteiger partial charge on any atom is -0.480 e. The zero-order valence-corrected chi connectivity index (χ0v) is 15.5. The van der Waals surface area contributed by atoms with Crippen molar-refractivity contribution < 1.29 is 19.5 Å². The number of aliphatic carboxylic acids is 1. The highest BCUT2D eigenvalue weighted by Crippen LogP contribution is 2.14. The summed E-state index contributed by atoms with van der Waals surface area (Å²) in [5.74, 6) is -1.62. The monoisotopic (exact) mass is 364 g/mol. The molecule has 0 aliphatic rings. The van der Waals surface area contributed by atoms with Gasteiger partial charge in [-0.2, -0.15) is 0 Å². The molecule has 1 aromatic carbocycles. The Bertz CT molecular complexity index is 600. The number of carbonyl (C=O) groups excluding carboxylic acids is 2. The van der Waals surface area contributed by atoms with Crippen molar-refractivity contribution in [3.8, 4) is 0 Å². The Hall–Kier alpha value is -2.45. The van der Waals surface area contributed by atoms with Crippen molar-refractivity contribution in [3.05, 3.63) is 24.3 Å². The van der Waals surface area contributed by atoms with Gasteiger partial charge in [-0.3, -0.25) is 14.4 Å². The van der Waals surface area contributed by atoms with E-state index in [1.807, 2.05) is 13.8 Å². The molecule has 0 fully saturated rings. The standard InChI is InChI=1S/C18H28N4O4/c1-4-22(5-2)11-10-19-16(18(25)26)12-17(24)21-15-8-6-14(7-9-15)20-13(3)23/h6-9,16,19H,4-5,10-12H2,1-3H3,(H,20,23)(H,21,24)(H,25,26)/t16-/m1/s1. The summed E-state index contributed by atoms with van der Waals surface area (Å²) >= 11 is 0. The highest BCUT2D eigenvalue weighted by Gasteiger charge is 2.20. The van der Waals surface area contributed by atoms with E-state index in [9.17, 15) is 19.5 Å². The van der Waals surface area contributed by atoms with Gasteiger partial charge in [0.2, 0.25) is 11.8 Å². The third-order valence-corrected chi connectivity index (χ3v) is 3.89. The van der Waals surface area contributed by atoms with Crippen molar-refractivity contribution in [2.45, 2.75) is 33.2 Å². The van der Waals surface area contributed by atoms with Gasteiger partial charge in [-0.15, -0.1) is 0 Å². The van der Waals surface area contributed by atoms with Crippen LogP contribution in [0.15, 0.2) is 24.3 Å². The van der Waals surface area contributed by atoms with E-state index in [2.05, 4.69) is 20.9 Å². The molecule has 0 bridgehead atoms. The summed E-state index contributed by atoms with van der Waals surface area (Å²) in [4.78, 5) is 36.6. The fourth-order valence-corrected chi connectivity index (χ4v) is 2.42. The molecule has 0 aliphatic heterocycles. The Morgan fingerprint density at radius 2 is 1.58 bits per heavy atom. The molecule has 2 amide bonds. The van der Waals surface area contributed by atoms with Crippen molar-refractivity contribution in [1.29, 1.82) is 0 Å². The summed E-state index contributed by atoms with van der Waals surface area (Å²) in [5, 5.41) is 17.5. The van der Waals surface area contributed by atoms with E-state index in [-0.39, 0.29) is 18.2 Å². The lowest BCUT2D eigenvalue weighted by molar-refractivity contribution is -0.141. The Kier molecular flexibility index (Phi) is 9.32. The summed E-state index contributed by atoms with van der Waals surface area (Å²) in [6, 6.07) is 5.67. The minimum absolute atomic E-state index is 0.166. The number of benzene rings is 1.